The Balaban J connectivity index is 2.89. The molecule has 0 aliphatic carbocycles. The van der Waals surface area contributed by atoms with Crippen LogP contribution in [0.1, 0.15) is 11.6 Å². The molecule has 0 fully saturated rings. The Bertz CT molecular complexity index is 230. The third kappa shape index (κ3) is 2.34. The molecule has 0 aliphatic rings. The first-order chi connectivity index (χ1) is 5.22. The number of nitrogens with two attached hydrogens (primary N) is 1. The molecule has 0 radical (unpaired) electrons. The maximum atomic E-state index is 5.42. The Kier molecular flexibility index (Phi) is 2.64. The molecule has 11 heavy (non-hydrogen) atoms. The van der Waals surface area contributed by atoms with Crippen molar-refractivity contribution in [1.82, 2.24) is 15.0 Å². The molecule has 0 unspecified atom stereocenters. The molecule has 1 aromatic rings. The Hall–Kier alpha value is -0.840. The van der Waals surface area contributed by atoms with Gasteiger partial charge in [-0.25, -0.2) is 4.98 Å². The van der Waals surface area contributed by atoms with Gasteiger partial charge in [-0.05, 0) is 13.2 Å². The minimum Gasteiger partial charge on any atom is -0.368 e. The second-order valence-electron chi connectivity index (χ2n) is 2.09. The van der Waals surface area contributed by atoms with Crippen LogP contribution in [0.15, 0.2) is 0 Å². The molecule has 60 valence electrons. The molecule has 4 nitrogen and oxygen atoms in total. The fourth-order valence-electron chi connectivity index (χ4n) is 0.753. The van der Waals surface area contributed by atoms with Crippen LogP contribution in [0.5, 0.6) is 0 Å². The number of anilines is 1. The number of hydrogen-bond acceptors (Lipinski definition) is 5. The predicted molar refractivity (Wildman–Crippen MR) is 46.2 cm³/mol. The molecule has 1 heterocycles. The summed E-state index contributed by atoms with van der Waals surface area (Å²) >= 11 is 1.66. The highest BCUT2D eigenvalue weighted by molar-refractivity contribution is 7.97. The molecular weight excluding hydrogens is 160 g/mol. The van der Waals surface area contributed by atoms with Gasteiger partial charge in [-0.3, -0.25) is 0 Å². The molecule has 2 N–H and O–H groups in total. The van der Waals surface area contributed by atoms with Crippen LogP contribution in [-0.4, -0.2) is 21.2 Å². The summed E-state index contributed by atoms with van der Waals surface area (Å²) in [6.45, 7) is 1.81. The van der Waals surface area contributed by atoms with Gasteiger partial charge in [0.2, 0.25) is 5.95 Å². The third-order valence-electron chi connectivity index (χ3n) is 1.08. The molecule has 0 amide bonds. The summed E-state index contributed by atoms with van der Waals surface area (Å²) in [5.41, 5.74) is 5.42. The quantitative estimate of drug-likeness (QED) is 0.705. The van der Waals surface area contributed by atoms with E-state index < -0.39 is 0 Å². The minimum absolute atomic E-state index is 0.307. The van der Waals surface area contributed by atoms with E-state index in [1.807, 2.05) is 13.2 Å². The number of nitrogens with zero attached hydrogens (tertiary/aromatic N) is 3. The average molecular weight is 170 g/mol. The van der Waals surface area contributed by atoms with E-state index in [2.05, 4.69) is 15.0 Å². The van der Waals surface area contributed by atoms with Gasteiger partial charge < -0.3 is 5.73 Å². The summed E-state index contributed by atoms with van der Waals surface area (Å²) in [6, 6.07) is 0. The van der Waals surface area contributed by atoms with Gasteiger partial charge in [-0.2, -0.15) is 21.7 Å². The van der Waals surface area contributed by atoms with E-state index >= 15 is 0 Å². The first kappa shape index (κ1) is 8.26. The van der Waals surface area contributed by atoms with Gasteiger partial charge in [0.1, 0.15) is 11.6 Å². The molecule has 0 bridgehead atoms. The molecular formula is C6H10N4S. The van der Waals surface area contributed by atoms with Crippen LogP contribution < -0.4 is 5.73 Å². The Morgan fingerprint density at radius 2 is 2.09 bits per heavy atom. The van der Waals surface area contributed by atoms with E-state index in [4.69, 9.17) is 5.73 Å². The summed E-state index contributed by atoms with van der Waals surface area (Å²) in [7, 11) is 0. The van der Waals surface area contributed by atoms with Crippen LogP contribution in [0.3, 0.4) is 0 Å². The van der Waals surface area contributed by atoms with E-state index in [0.717, 1.165) is 11.6 Å². The highest BCUT2D eigenvalue weighted by atomic mass is 32.2. The normalized spacial score (nSPS) is 10.0. The molecule has 0 saturated carbocycles. The molecule has 0 spiro atoms. The standard InChI is InChI=1S/C6H10N4S/c1-4-8-5(3-11-2)10-6(7)9-4/h3H2,1-2H3,(H2,7,8,9,10). The Morgan fingerprint density at radius 1 is 1.36 bits per heavy atom. The zero-order valence-corrected chi connectivity index (χ0v) is 7.35. The maximum Gasteiger partial charge on any atom is 0.223 e. The molecule has 0 saturated heterocycles. The van der Waals surface area contributed by atoms with Crippen LogP contribution in [-0.2, 0) is 5.75 Å². The number of rotatable bonds is 2. The van der Waals surface area contributed by atoms with Crippen molar-refractivity contribution in [3.8, 4) is 0 Å². The highest BCUT2D eigenvalue weighted by Crippen LogP contribution is 2.04. The van der Waals surface area contributed by atoms with E-state index in [-0.39, 0.29) is 0 Å². The maximum absolute atomic E-state index is 5.42. The smallest absolute Gasteiger partial charge is 0.223 e. The van der Waals surface area contributed by atoms with Crippen molar-refractivity contribution in [2.24, 2.45) is 0 Å². The van der Waals surface area contributed by atoms with E-state index in [1.165, 1.54) is 0 Å². The van der Waals surface area contributed by atoms with Gasteiger partial charge in [0.25, 0.3) is 0 Å². The van der Waals surface area contributed by atoms with Crippen LogP contribution >= 0.6 is 11.8 Å². The molecule has 1 rings (SSSR count). The van der Waals surface area contributed by atoms with Crippen molar-refractivity contribution in [3.05, 3.63) is 11.6 Å². The van der Waals surface area contributed by atoms with Crippen LogP contribution in [0.25, 0.3) is 0 Å². The second kappa shape index (κ2) is 3.52. The minimum atomic E-state index is 0.307. The lowest BCUT2D eigenvalue weighted by Gasteiger charge is -1.98. The SMILES string of the molecule is CSCc1nc(C)nc(N)n1. The van der Waals surface area contributed by atoms with Crippen molar-refractivity contribution in [1.29, 1.82) is 0 Å². The first-order valence-electron chi connectivity index (χ1n) is 3.18. The second-order valence-corrected chi connectivity index (χ2v) is 2.96. The van der Waals surface area contributed by atoms with Gasteiger partial charge in [0.05, 0.1) is 5.75 Å². The lowest BCUT2D eigenvalue weighted by Crippen LogP contribution is -2.03. The monoisotopic (exact) mass is 170 g/mol. The summed E-state index contributed by atoms with van der Waals surface area (Å²) in [5.74, 6) is 2.53. The van der Waals surface area contributed by atoms with Crippen LogP contribution in [0.4, 0.5) is 5.95 Å². The summed E-state index contributed by atoms with van der Waals surface area (Å²) < 4.78 is 0. The number of thioether (sulfide) groups is 1. The first-order valence-corrected chi connectivity index (χ1v) is 4.57. The number of aromatic nitrogens is 3. The van der Waals surface area contributed by atoms with Crippen molar-refractivity contribution in [2.45, 2.75) is 12.7 Å². The number of hydrogen-bond donors (Lipinski definition) is 1. The van der Waals surface area contributed by atoms with Crippen LogP contribution in [0.2, 0.25) is 0 Å². The number of aryl methyl sites for hydroxylation is 1. The fraction of sp³-hybridized carbons (Fsp3) is 0.500. The van der Waals surface area contributed by atoms with Gasteiger partial charge in [-0.15, -0.1) is 0 Å². The highest BCUT2D eigenvalue weighted by Gasteiger charge is 1.98. The fourth-order valence-corrected chi connectivity index (χ4v) is 1.14. The molecule has 0 aromatic carbocycles. The predicted octanol–water partition coefficient (Wildman–Crippen LogP) is 0.625. The Labute approximate surface area is 69.6 Å². The Morgan fingerprint density at radius 3 is 2.64 bits per heavy atom. The van der Waals surface area contributed by atoms with E-state index in [9.17, 15) is 0 Å². The lowest BCUT2D eigenvalue weighted by molar-refractivity contribution is 0.924. The summed E-state index contributed by atoms with van der Waals surface area (Å²) in [5, 5.41) is 0. The zero-order chi connectivity index (χ0) is 8.27. The van der Waals surface area contributed by atoms with Crippen LogP contribution in [0, 0.1) is 6.92 Å². The third-order valence-corrected chi connectivity index (χ3v) is 1.63. The van der Waals surface area contributed by atoms with Gasteiger partial charge in [0, 0.05) is 0 Å². The molecule has 0 atom stereocenters. The van der Waals surface area contributed by atoms with Crippen molar-refractivity contribution in [2.75, 3.05) is 12.0 Å². The number of nitrogen functional groups attached to an aromatic ring is 1. The molecule has 0 aliphatic heterocycles. The molecule has 1 aromatic heterocycles. The summed E-state index contributed by atoms with van der Waals surface area (Å²) in [6.07, 6.45) is 2.00. The van der Waals surface area contributed by atoms with Gasteiger partial charge in [0.15, 0.2) is 0 Å². The largest absolute Gasteiger partial charge is 0.368 e. The van der Waals surface area contributed by atoms with E-state index in [1.54, 1.807) is 11.8 Å². The van der Waals surface area contributed by atoms with Gasteiger partial charge in [-0.1, -0.05) is 0 Å². The van der Waals surface area contributed by atoms with E-state index in [0.29, 0.717) is 11.8 Å². The van der Waals surface area contributed by atoms with Crippen molar-refractivity contribution < 1.29 is 0 Å². The van der Waals surface area contributed by atoms with Crippen molar-refractivity contribution in [3.63, 3.8) is 0 Å². The zero-order valence-electron chi connectivity index (χ0n) is 6.53. The van der Waals surface area contributed by atoms with Crippen molar-refractivity contribution >= 4 is 17.7 Å². The lowest BCUT2D eigenvalue weighted by atomic mass is 10.6. The van der Waals surface area contributed by atoms with Gasteiger partial charge >= 0.3 is 0 Å². The molecule has 5 heteroatoms. The summed E-state index contributed by atoms with van der Waals surface area (Å²) in [4.78, 5) is 11.9. The average Bonchev–Trinajstić information content (AvgIpc) is 1.85. The topological polar surface area (TPSA) is 64.7 Å².